The van der Waals surface area contributed by atoms with Crippen LogP contribution in [0.4, 0.5) is 17.1 Å². The summed E-state index contributed by atoms with van der Waals surface area (Å²) in [6, 6.07) is 31.0. The van der Waals surface area contributed by atoms with Crippen molar-refractivity contribution >= 4 is 37.6 Å². The van der Waals surface area contributed by atoms with Gasteiger partial charge in [0, 0.05) is 0 Å². The standard InChI is InChI=1S/3C6H6N.Sn/c3*7-6-4-2-1-3-5-6;/h3*1-5,7H;/q3*-1;+3. The molecule has 0 bridgehead atoms. The van der Waals surface area contributed by atoms with Gasteiger partial charge in [-0.1, -0.05) is 0 Å². The molecule has 22 heavy (non-hydrogen) atoms. The van der Waals surface area contributed by atoms with Crippen molar-refractivity contribution < 1.29 is 0 Å². The molecular weight excluding hydrogens is 377 g/mol. The summed E-state index contributed by atoms with van der Waals surface area (Å²) in [5.41, 5.74) is 3.43. The van der Waals surface area contributed by atoms with E-state index in [4.69, 9.17) is 0 Å². The molecule has 0 heterocycles. The van der Waals surface area contributed by atoms with Crippen LogP contribution in [0, 0.1) is 0 Å². The number of rotatable bonds is 6. The van der Waals surface area contributed by atoms with E-state index in [1.165, 1.54) is 0 Å². The zero-order valence-corrected chi connectivity index (χ0v) is 15.0. The summed E-state index contributed by atoms with van der Waals surface area (Å²) < 4.78 is 11.0. The van der Waals surface area contributed by atoms with E-state index in [9.17, 15) is 0 Å². The predicted octanol–water partition coefficient (Wildman–Crippen LogP) is 4.31. The zero-order valence-electron chi connectivity index (χ0n) is 12.2. The van der Waals surface area contributed by atoms with E-state index in [2.05, 4.69) is 47.0 Å². The number of anilines is 3. The monoisotopic (exact) mass is 396 g/mol. The first-order valence-corrected chi connectivity index (χ1v) is 11.5. The Hall–Kier alpha value is -2.14. The molecule has 0 aliphatic rings. The Morgan fingerprint density at radius 3 is 0.955 bits per heavy atom. The summed E-state index contributed by atoms with van der Waals surface area (Å²) in [7, 11) is 0. The number of nitrogens with one attached hydrogen (secondary N) is 3. The molecule has 3 nitrogen and oxygen atoms in total. The van der Waals surface area contributed by atoms with Gasteiger partial charge in [0.15, 0.2) is 0 Å². The van der Waals surface area contributed by atoms with E-state index in [1.54, 1.807) is 0 Å². The molecule has 0 aliphatic carbocycles. The van der Waals surface area contributed by atoms with Crippen LogP contribution in [0.2, 0.25) is 0 Å². The molecule has 0 spiro atoms. The van der Waals surface area contributed by atoms with E-state index >= 15 is 0 Å². The van der Waals surface area contributed by atoms with Gasteiger partial charge in [0.1, 0.15) is 0 Å². The zero-order chi connectivity index (χ0) is 15.0. The first-order valence-electron chi connectivity index (χ1n) is 7.23. The second-order valence-corrected chi connectivity index (χ2v) is 9.13. The number of hydrogen-bond donors (Lipinski definition) is 3. The summed E-state index contributed by atoms with van der Waals surface area (Å²) >= 11 is -2.31. The molecule has 4 heteroatoms. The predicted molar refractivity (Wildman–Crippen MR) is 95.9 cm³/mol. The van der Waals surface area contributed by atoms with Crippen molar-refractivity contribution in [1.82, 2.24) is 0 Å². The summed E-state index contributed by atoms with van der Waals surface area (Å²) in [4.78, 5) is 0. The molecule has 1 radical (unpaired) electrons. The molecule has 0 amide bonds. The minimum absolute atomic E-state index is 1.14. The first kappa shape index (κ1) is 14.8. The molecular formula is C18H18N3Sn. The van der Waals surface area contributed by atoms with Crippen LogP contribution < -0.4 is 10.6 Å². The van der Waals surface area contributed by atoms with E-state index in [-0.39, 0.29) is 0 Å². The Morgan fingerprint density at radius 1 is 0.409 bits per heavy atom. The van der Waals surface area contributed by atoms with E-state index in [0.29, 0.717) is 0 Å². The third-order valence-corrected chi connectivity index (χ3v) is 7.74. The van der Waals surface area contributed by atoms with Crippen LogP contribution in [0.3, 0.4) is 0 Å². The topological polar surface area (TPSA) is 36.1 Å². The fraction of sp³-hybridized carbons (Fsp3) is 0. The van der Waals surface area contributed by atoms with Gasteiger partial charge in [0.05, 0.1) is 0 Å². The molecule has 3 rings (SSSR count). The van der Waals surface area contributed by atoms with E-state index < -0.39 is 20.6 Å². The first-order chi connectivity index (χ1) is 10.9. The summed E-state index contributed by atoms with van der Waals surface area (Å²) in [6.45, 7) is 0. The van der Waals surface area contributed by atoms with Gasteiger partial charge >= 0.3 is 139 Å². The van der Waals surface area contributed by atoms with Gasteiger partial charge < -0.3 is 0 Å². The normalized spacial score (nSPS) is 10.2. The minimum atomic E-state index is -2.31. The van der Waals surface area contributed by atoms with Gasteiger partial charge in [-0.25, -0.2) is 0 Å². The molecule has 0 fully saturated rings. The number of para-hydroxylation sites is 3. The third kappa shape index (κ3) is 4.43. The summed E-state index contributed by atoms with van der Waals surface area (Å²) in [5, 5.41) is 0. The van der Waals surface area contributed by atoms with Crippen LogP contribution in [-0.4, -0.2) is 20.6 Å². The second kappa shape index (κ2) is 7.75. The molecule has 3 aromatic carbocycles. The molecule has 3 N–H and O–H groups in total. The van der Waals surface area contributed by atoms with Gasteiger partial charge in [-0.3, -0.25) is 0 Å². The Balaban J connectivity index is 1.75. The second-order valence-electron chi connectivity index (χ2n) is 4.85. The van der Waals surface area contributed by atoms with Crippen molar-refractivity contribution in [2.24, 2.45) is 0 Å². The molecule has 0 atom stereocenters. The van der Waals surface area contributed by atoms with Crippen LogP contribution in [0.25, 0.3) is 0 Å². The van der Waals surface area contributed by atoms with E-state index in [0.717, 1.165) is 17.1 Å². The molecule has 3 aromatic rings. The van der Waals surface area contributed by atoms with Crippen molar-refractivity contribution in [2.75, 3.05) is 10.6 Å². The summed E-state index contributed by atoms with van der Waals surface area (Å²) in [5.74, 6) is 0. The maximum atomic E-state index is 3.65. The Labute approximate surface area is 139 Å². The Bertz CT molecular complexity index is 576. The van der Waals surface area contributed by atoms with Gasteiger partial charge in [0.2, 0.25) is 0 Å². The molecule has 0 aliphatic heterocycles. The SMILES string of the molecule is c1ccc([NH][Sn]([NH]c2ccccc2)[NH]c2ccccc2)cc1. The van der Waals surface area contributed by atoms with Crippen molar-refractivity contribution in [3.05, 3.63) is 91.0 Å². The fourth-order valence-electron chi connectivity index (χ4n) is 2.09. The van der Waals surface area contributed by atoms with Crippen molar-refractivity contribution in [3.63, 3.8) is 0 Å². The van der Waals surface area contributed by atoms with Crippen molar-refractivity contribution in [2.45, 2.75) is 0 Å². The van der Waals surface area contributed by atoms with Crippen LogP contribution in [0.5, 0.6) is 0 Å². The quantitative estimate of drug-likeness (QED) is 0.545. The fourth-order valence-corrected chi connectivity index (χ4v) is 6.53. The van der Waals surface area contributed by atoms with Crippen LogP contribution in [-0.2, 0) is 0 Å². The van der Waals surface area contributed by atoms with Crippen LogP contribution >= 0.6 is 0 Å². The van der Waals surface area contributed by atoms with Crippen molar-refractivity contribution in [1.29, 1.82) is 0 Å². The average molecular weight is 395 g/mol. The Kier molecular flexibility index (Phi) is 5.21. The van der Waals surface area contributed by atoms with Crippen LogP contribution in [0.15, 0.2) is 91.0 Å². The molecule has 0 aromatic heterocycles. The maximum absolute atomic E-state index is 3.65. The van der Waals surface area contributed by atoms with Gasteiger partial charge in [0.25, 0.3) is 0 Å². The molecule has 109 valence electrons. The van der Waals surface area contributed by atoms with Gasteiger partial charge in [-0.15, -0.1) is 0 Å². The van der Waals surface area contributed by atoms with Crippen molar-refractivity contribution in [3.8, 4) is 0 Å². The number of hydrogen-bond acceptors (Lipinski definition) is 3. The molecule has 0 saturated carbocycles. The van der Waals surface area contributed by atoms with Gasteiger partial charge in [-0.2, -0.15) is 0 Å². The third-order valence-electron chi connectivity index (χ3n) is 3.13. The summed E-state index contributed by atoms with van der Waals surface area (Å²) in [6.07, 6.45) is 0. The molecule has 0 saturated heterocycles. The van der Waals surface area contributed by atoms with Crippen LogP contribution in [0.1, 0.15) is 0 Å². The molecule has 0 unspecified atom stereocenters. The van der Waals surface area contributed by atoms with E-state index in [1.807, 2.05) is 54.6 Å². The average Bonchev–Trinajstić information content (AvgIpc) is 2.57. The van der Waals surface area contributed by atoms with Gasteiger partial charge in [-0.05, 0) is 0 Å². The Morgan fingerprint density at radius 2 is 0.682 bits per heavy atom. The number of benzene rings is 3.